The minimum absolute atomic E-state index is 0.0283. The van der Waals surface area contributed by atoms with Gasteiger partial charge in [-0.25, -0.2) is 0 Å². The predicted molar refractivity (Wildman–Crippen MR) is 123 cm³/mol. The molecule has 0 aromatic heterocycles. The Morgan fingerprint density at radius 1 is 1.03 bits per heavy atom. The second-order valence-electron chi connectivity index (χ2n) is 12.6. The van der Waals surface area contributed by atoms with Crippen molar-refractivity contribution in [1.29, 1.82) is 0 Å². The van der Waals surface area contributed by atoms with Crippen molar-refractivity contribution < 1.29 is 20.4 Å². The molecule has 31 heavy (non-hydrogen) atoms. The van der Waals surface area contributed by atoms with Crippen LogP contribution in [0.15, 0.2) is 11.6 Å². The van der Waals surface area contributed by atoms with E-state index in [4.69, 9.17) is 0 Å². The maximum absolute atomic E-state index is 12.3. The van der Waals surface area contributed by atoms with Crippen LogP contribution in [0.2, 0.25) is 0 Å². The zero-order chi connectivity index (χ0) is 22.8. The first-order valence-corrected chi connectivity index (χ1v) is 12.9. The van der Waals surface area contributed by atoms with E-state index in [0.717, 1.165) is 51.4 Å². The first-order valence-electron chi connectivity index (χ1n) is 12.9. The lowest BCUT2D eigenvalue weighted by atomic mass is 9.45. The highest BCUT2D eigenvalue weighted by Crippen LogP contribution is 2.69. The van der Waals surface area contributed by atoms with Gasteiger partial charge in [0, 0.05) is 11.8 Å². The van der Waals surface area contributed by atoms with Gasteiger partial charge in [-0.05, 0) is 86.4 Å². The van der Waals surface area contributed by atoms with E-state index in [1.807, 2.05) is 0 Å². The highest BCUT2D eigenvalue weighted by molar-refractivity contribution is 5.28. The summed E-state index contributed by atoms with van der Waals surface area (Å²) < 4.78 is 0. The number of allylic oxidation sites excluding steroid dienone is 1. The molecule has 0 saturated heterocycles. The lowest BCUT2D eigenvalue weighted by molar-refractivity contribution is -0.186. The molecule has 178 valence electrons. The fourth-order valence-corrected chi connectivity index (χ4v) is 8.62. The Kier molecular flexibility index (Phi) is 6.21. The number of hydrogen-bond donors (Lipinski definition) is 4. The average molecular weight is 435 g/mol. The van der Waals surface area contributed by atoms with Gasteiger partial charge >= 0.3 is 0 Å². The largest absolute Gasteiger partial charge is 0.393 e. The molecule has 0 radical (unpaired) electrons. The summed E-state index contributed by atoms with van der Waals surface area (Å²) in [7, 11) is 0. The van der Waals surface area contributed by atoms with Crippen LogP contribution in [0.5, 0.6) is 0 Å². The lowest BCUT2D eigenvalue weighted by Gasteiger charge is -2.61. The summed E-state index contributed by atoms with van der Waals surface area (Å²) in [5, 5.41) is 44.7. The number of aliphatic hydroxyl groups excluding tert-OH is 3. The number of aliphatic hydroxyl groups is 4. The zero-order valence-corrected chi connectivity index (χ0v) is 20.3. The predicted octanol–water partition coefficient (Wildman–Crippen LogP) is 4.45. The second-order valence-corrected chi connectivity index (χ2v) is 12.6. The van der Waals surface area contributed by atoms with Crippen molar-refractivity contribution in [2.75, 3.05) is 0 Å². The molecule has 3 saturated carbocycles. The van der Waals surface area contributed by atoms with Crippen molar-refractivity contribution in [3.8, 4) is 0 Å². The van der Waals surface area contributed by atoms with Crippen molar-refractivity contribution in [1.82, 2.24) is 0 Å². The number of rotatable bonds is 5. The highest BCUT2D eigenvalue weighted by Gasteiger charge is 2.69. The van der Waals surface area contributed by atoms with Gasteiger partial charge in [-0.3, -0.25) is 0 Å². The molecular weight excluding hydrogens is 388 g/mol. The first-order chi connectivity index (χ1) is 14.4. The van der Waals surface area contributed by atoms with Gasteiger partial charge in [0.2, 0.25) is 0 Å². The summed E-state index contributed by atoms with van der Waals surface area (Å²) in [5.41, 5.74) is 0.187. The summed E-state index contributed by atoms with van der Waals surface area (Å²) in [4.78, 5) is 0. The maximum Gasteiger partial charge on any atom is 0.0763 e. The van der Waals surface area contributed by atoms with Crippen molar-refractivity contribution in [2.45, 2.75) is 116 Å². The molecule has 4 aliphatic rings. The summed E-state index contributed by atoms with van der Waals surface area (Å²) in [6.45, 7) is 11.0. The molecule has 0 aliphatic heterocycles. The van der Waals surface area contributed by atoms with E-state index < -0.39 is 17.8 Å². The van der Waals surface area contributed by atoms with E-state index in [0.29, 0.717) is 18.3 Å². The van der Waals surface area contributed by atoms with Crippen LogP contribution < -0.4 is 0 Å². The number of fused-ring (bicyclic) bond motifs is 5. The third kappa shape index (κ3) is 3.55. The van der Waals surface area contributed by atoms with Crippen LogP contribution in [0.1, 0.15) is 92.4 Å². The van der Waals surface area contributed by atoms with Gasteiger partial charge in [0.1, 0.15) is 0 Å². The van der Waals surface area contributed by atoms with Gasteiger partial charge in [0.05, 0.1) is 23.9 Å². The molecule has 4 rings (SSSR count). The van der Waals surface area contributed by atoms with Gasteiger partial charge < -0.3 is 20.4 Å². The third-order valence-corrected chi connectivity index (χ3v) is 10.6. The van der Waals surface area contributed by atoms with Crippen LogP contribution in [0.25, 0.3) is 0 Å². The van der Waals surface area contributed by atoms with Crippen LogP contribution in [-0.2, 0) is 0 Å². The fourth-order valence-electron chi connectivity index (χ4n) is 8.62. The Morgan fingerprint density at radius 3 is 2.42 bits per heavy atom. The average Bonchev–Trinajstić information content (AvgIpc) is 2.91. The van der Waals surface area contributed by atoms with Gasteiger partial charge in [-0.15, -0.1) is 0 Å². The van der Waals surface area contributed by atoms with Crippen LogP contribution in [-0.4, -0.2) is 44.3 Å². The Hall–Kier alpha value is -0.420. The molecule has 0 aromatic rings. The van der Waals surface area contributed by atoms with Crippen LogP contribution >= 0.6 is 0 Å². The molecule has 0 amide bonds. The first kappa shape index (κ1) is 23.7. The Bertz CT molecular complexity index is 703. The molecule has 0 bridgehead atoms. The standard InChI is InChI=1S/C27H46O4/c1-16(2)6-9-22(29)17(3)24-23(30)15-27(31)21-8-7-18-14-19(28)10-12-25(18,4)20(21)11-13-26(24,27)5/h7,16-17,19-24,28-31H,6,8-15H2,1-5H3/t17-,19+,20-,21+,22+,23+,24-,25+,26+,27-/m1/s1. The Morgan fingerprint density at radius 2 is 1.74 bits per heavy atom. The maximum atomic E-state index is 12.3. The Labute approximate surface area is 189 Å². The lowest BCUT2D eigenvalue weighted by Crippen LogP contribution is -2.61. The van der Waals surface area contributed by atoms with Gasteiger partial charge in [-0.1, -0.05) is 46.3 Å². The summed E-state index contributed by atoms with van der Waals surface area (Å²) in [6, 6.07) is 0. The van der Waals surface area contributed by atoms with E-state index in [2.05, 4.69) is 40.7 Å². The van der Waals surface area contributed by atoms with Gasteiger partial charge in [-0.2, -0.15) is 0 Å². The van der Waals surface area contributed by atoms with Crippen molar-refractivity contribution >= 4 is 0 Å². The van der Waals surface area contributed by atoms with E-state index in [9.17, 15) is 20.4 Å². The minimum atomic E-state index is -0.896. The molecule has 4 heteroatoms. The SMILES string of the molecule is CC(C)CC[C@H](O)[C@@H](C)[C@@H]1[C@@H](O)C[C@@]2(O)[C@H]3CC=C4C[C@@H](O)CC[C@]4(C)[C@@H]3CC[C@@]12C. The highest BCUT2D eigenvalue weighted by atomic mass is 16.3. The normalized spacial score (nSPS) is 49.1. The fraction of sp³-hybridized carbons (Fsp3) is 0.926. The van der Waals surface area contributed by atoms with E-state index in [-0.39, 0.29) is 34.7 Å². The van der Waals surface area contributed by atoms with Crippen LogP contribution in [0.3, 0.4) is 0 Å². The zero-order valence-electron chi connectivity index (χ0n) is 20.3. The van der Waals surface area contributed by atoms with Crippen molar-refractivity contribution in [3.05, 3.63) is 11.6 Å². The molecule has 0 spiro atoms. The molecule has 4 aliphatic carbocycles. The molecule has 10 atom stereocenters. The quantitative estimate of drug-likeness (QED) is 0.482. The molecule has 4 nitrogen and oxygen atoms in total. The molecule has 3 fully saturated rings. The second kappa shape index (κ2) is 8.11. The molecular formula is C27H46O4. The van der Waals surface area contributed by atoms with E-state index in [1.165, 1.54) is 5.57 Å². The molecule has 0 heterocycles. The monoisotopic (exact) mass is 434 g/mol. The van der Waals surface area contributed by atoms with E-state index in [1.54, 1.807) is 0 Å². The van der Waals surface area contributed by atoms with Gasteiger partial charge in [0.15, 0.2) is 0 Å². The van der Waals surface area contributed by atoms with Crippen LogP contribution in [0, 0.1) is 40.4 Å². The molecule has 4 N–H and O–H groups in total. The minimum Gasteiger partial charge on any atom is -0.393 e. The Balaban J connectivity index is 1.62. The molecule has 0 unspecified atom stereocenters. The van der Waals surface area contributed by atoms with Gasteiger partial charge in [0.25, 0.3) is 0 Å². The summed E-state index contributed by atoms with van der Waals surface area (Å²) in [6.07, 6.45) is 8.68. The smallest absolute Gasteiger partial charge is 0.0763 e. The van der Waals surface area contributed by atoms with Crippen LogP contribution in [0.4, 0.5) is 0 Å². The summed E-state index contributed by atoms with van der Waals surface area (Å²) in [5.74, 6) is 1.00. The molecule has 0 aromatic carbocycles. The van der Waals surface area contributed by atoms with E-state index >= 15 is 0 Å². The summed E-state index contributed by atoms with van der Waals surface area (Å²) >= 11 is 0. The third-order valence-electron chi connectivity index (χ3n) is 10.6. The van der Waals surface area contributed by atoms with Crippen molar-refractivity contribution in [2.24, 2.45) is 40.4 Å². The number of hydrogen-bond acceptors (Lipinski definition) is 4. The van der Waals surface area contributed by atoms with Crippen molar-refractivity contribution in [3.63, 3.8) is 0 Å². The topological polar surface area (TPSA) is 80.9 Å².